The fourth-order valence-electron chi connectivity index (χ4n) is 4.38. The zero-order valence-electron chi connectivity index (χ0n) is 19.5. The molecule has 1 fully saturated rings. The lowest BCUT2D eigenvalue weighted by molar-refractivity contribution is -0.138. The first-order valence-corrected chi connectivity index (χ1v) is 13.3. The summed E-state index contributed by atoms with van der Waals surface area (Å²) in [6.07, 6.45) is -3.79. The molecule has 3 rings (SSSR count). The molecule has 192 valence electrons. The summed E-state index contributed by atoms with van der Waals surface area (Å²) in [4.78, 5) is 14.7. The molecule has 2 aromatic rings. The van der Waals surface area contributed by atoms with Gasteiger partial charge in [-0.15, -0.1) is 0 Å². The molecule has 1 heterocycles. The minimum Gasteiger partial charge on any atom is -0.348 e. The Bertz CT molecular complexity index is 1190. The van der Waals surface area contributed by atoms with Crippen LogP contribution in [0.3, 0.4) is 0 Å². The van der Waals surface area contributed by atoms with Gasteiger partial charge in [-0.1, -0.05) is 31.5 Å². The Hall–Kier alpha value is -2.14. The summed E-state index contributed by atoms with van der Waals surface area (Å²) < 4.78 is 66.7. The number of halogens is 4. The van der Waals surface area contributed by atoms with Crippen LogP contribution in [0, 0.1) is 5.92 Å². The first-order valence-electron chi connectivity index (χ1n) is 11.3. The van der Waals surface area contributed by atoms with Gasteiger partial charge in [0.25, 0.3) is 5.91 Å². The molecule has 6 nitrogen and oxygen atoms in total. The number of carbonyl (C=O) groups excluding carboxylic acids is 1. The largest absolute Gasteiger partial charge is 0.416 e. The van der Waals surface area contributed by atoms with Crippen molar-refractivity contribution < 1.29 is 26.4 Å². The molecular weight excluding hydrogens is 503 g/mol. The first-order chi connectivity index (χ1) is 16.4. The number of rotatable bonds is 8. The second kappa shape index (κ2) is 10.9. The first kappa shape index (κ1) is 27.4. The van der Waals surface area contributed by atoms with Crippen LogP contribution in [0.25, 0.3) is 0 Å². The zero-order chi connectivity index (χ0) is 26.0. The van der Waals surface area contributed by atoms with Crippen LogP contribution >= 0.6 is 11.6 Å². The number of alkyl halides is 3. The van der Waals surface area contributed by atoms with Gasteiger partial charge in [0.1, 0.15) is 0 Å². The summed E-state index contributed by atoms with van der Waals surface area (Å²) >= 11 is 5.99. The van der Waals surface area contributed by atoms with Crippen LogP contribution in [0.1, 0.15) is 53.4 Å². The van der Waals surface area contributed by atoms with Gasteiger partial charge in [-0.25, -0.2) is 8.42 Å². The topological polar surface area (TPSA) is 92.5 Å². The van der Waals surface area contributed by atoms with Gasteiger partial charge in [0.15, 0.2) is 9.84 Å². The predicted molar refractivity (Wildman–Crippen MR) is 129 cm³/mol. The van der Waals surface area contributed by atoms with E-state index < -0.39 is 33.5 Å². The molecule has 0 spiro atoms. The van der Waals surface area contributed by atoms with E-state index in [2.05, 4.69) is 5.32 Å². The summed E-state index contributed by atoms with van der Waals surface area (Å²) in [5.41, 5.74) is 5.08. The highest BCUT2D eigenvalue weighted by atomic mass is 35.5. The van der Waals surface area contributed by atoms with E-state index in [-0.39, 0.29) is 45.5 Å². The number of sulfone groups is 1. The molecule has 0 aromatic heterocycles. The Morgan fingerprint density at radius 1 is 1.26 bits per heavy atom. The number of nitrogens with two attached hydrogens (primary N) is 1. The molecule has 1 amide bonds. The summed E-state index contributed by atoms with van der Waals surface area (Å²) in [7, 11) is -3.59. The monoisotopic (exact) mass is 531 g/mol. The highest BCUT2D eigenvalue weighted by Gasteiger charge is 2.38. The fraction of sp³-hybridized carbons (Fsp3) is 0.458. The van der Waals surface area contributed by atoms with Gasteiger partial charge in [0.2, 0.25) is 0 Å². The maximum atomic E-state index is 14.0. The van der Waals surface area contributed by atoms with E-state index in [0.29, 0.717) is 19.0 Å². The lowest BCUT2D eigenvalue weighted by Crippen LogP contribution is -2.34. The molecule has 11 heteroatoms. The SMILES string of the molecule is CCS(=O)(=O)c1ccc(Cl)cc1CNC(=O)c1ccc(C(CN)N2CCC(C)C2)c(C(F)(F)F)c1. The lowest BCUT2D eigenvalue weighted by Gasteiger charge is -2.29. The van der Waals surface area contributed by atoms with Crippen molar-refractivity contribution >= 4 is 27.3 Å². The second-order valence-electron chi connectivity index (χ2n) is 8.78. The molecule has 35 heavy (non-hydrogen) atoms. The van der Waals surface area contributed by atoms with Crippen LogP contribution in [0.5, 0.6) is 0 Å². The Morgan fingerprint density at radius 3 is 2.54 bits per heavy atom. The molecule has 3 N–H and O–H groups in total. The van der Waals surface area contributed by atoms with Gasteiger partial charge < -0.3 is 11.1 Å². The number of benzene rings is 2. The quantitative estimate of drug-likeness (QED) is 0.526. The predicted octanol–water partition coefficient (Wildman–Crippen LogP) is 4.42. The average Bonchev–Trinajstić information content (AvgIpc) is 3.23. The number of hydrogen-bond acceptors (Lipinski definition) is 5. The Balaban J connectivity index is 1.89. The molecule has 0 bridgehead atoms. The number of likely N-dealkylation sites (tertiary alicyclic amines) is 1. The molecule has 1 aliphatic rings. The molecule has 1 saturated heterocycles. The van der Waals surface area contributed by atoms with Gasteiger partial charge in [0.05, 0.1) is 16.2 Å². The zero-order valence-corrected chi connectivity index (χ0v) is 21.1. The van der Waals surface area contributed by atoms with Gasteiger partial charge in [-0.05, 0) is 60.3 Å². The summed E-state index contributed by atoms with van der Waals surface area (Å²) in [5.74, 6) is -0.540. The maximum Gasteiger partial charge on any atom is 0.416 e. The van der Waals surface area contributed by atoms with Crippen LogP contribution in [0.2, 0.25) is 5.02 Å². The number of hydrogen-bond donors (Lipinski definition) is 2. The van der Waals surface area contributed by atoms with Crippen LogP contribution in [-0.2, 0) is 22.6 Å². The van der Waals surface area contributed by atoms with Crippen molar-refractivity contribution in [3.8, 4) is 0 Å². The van der Waals surface area contributed by atoms with Crippen molar-refractivity contribution in [2.24, 2.45) is 11.7 Å². The lowest BCUT2D eigenvalue weighted by atomic mass is 9.96. The van der Waals surface area contributed by atoms with E-state index in [9.17, 15) is 26.4 Å². The summed E-state index contributed by atoms with van der Waals surface area (Å²) in [5, 5.41) is 2.79. The number of nitrogens with one attached hydrogen (secondary N) is 1. The third kappa shape index (κ3) is 6.35. The molecule has 2 aromatic carbocycles. The minimum absolute atomic E-state index is 0.0154. The van der Waals surface area contributed by atoms with Crippen molar-refractivity contribution in [2.75, 3.05) is 25.4 Å². The van der Waals surface area contributed by atoms with Crippen molar-refractivity contribution in [3.05, 3.63) is 63.7 Å². The smallest absolute Gasteiger partial charge is 0.348 e. The highest BCUT2D eigenvalue weighted by molar-refractivity contribution is 7.91. The van der Waals surface area contributed by atoms with Crippen molar-refractivity contribution in [1.82, 2.24) is 10.2 Å². The Morgan fingerprint density at radius 2 is 1.97 bits per heavy atom. The van der Waals surface area contributed by atoms with E-state index in [1.165, 1.54) is 37.3 Å². The number of amides is 1. The van der Waals surface area contributed by atoms with E-state index in [1.54, 1.807) is 0 Å². The molecule has 1 aliphatic heterocycles. The van der Waals surface area contributed by atoms with Crippen molar-refractivity contribution in [3.63, 3.8) is 0 Å². The standard InChI is InChI=1S/C24H29ClF3N3O3S/c1-3-35(33,34)22-7-5-18(25)10-17(22)13-30-23(32)16-4-6-19(20(11-16)24(26,27)28)21(12-29)31-9-8-15(2)14-31/h4-7,10-11,15,21H,3,8-9,12-14,29H2,1-2H3,(H,30,32). The third-order valence-electron chi connectivity index (χ3n) is 6.28. The van der Waals surface area contributed by atoms with E-state index in [1.807, 2.05) is 11.8 Å². The number of carbonyl (C=O) groups is 1. The van der Waals surface area contributed by atoms with Crippen LogP contribution in [0.4, 0.5) is 13.2 Å². The maximum absolute atomic E-state index is 14.0. The van der Waals surface area contributed by atoms with E-state index in [4.69, 9.17) is 17.3 Å². The van der Waals surface area contributed by atoms with Crippen molar-refractivity contribution in [1.29, 1.82) is 0 Å². The Labute approximate surface area is 208 Å². The van der Waals surface area contributed by atoms with Gasteiger partial charge >= 0.3 is 6.18 Å². The fourth-order valence-corrected chi connectivity index (χ4v) is 5.69. The van der Waals surface area contributed by atoms with Crippen LogP contribution in [0.15, 0.2) is 41.3 Å². The second-order valence-corrected chi connectivity index (χ2v) is 11.5. The summed E-state index contributed by atoms with van der Waals surface area (Å²) in [6.45, 7) is 4.65. The van der Waals surface area contributed by atoms with Gasteiger partial charge in [0, 0.05) is 36.3 Å². The average molecular weight is 532 g/mol. The van der Waals surface area contributed by atoms with Crippen LogP contribution in [-0.4, -0.2) is 44.6 Å². The van der Waals surface area contributed by atoms with Crippen molar-refractivity contribution in [2.45, 2.75) is 43.9 Å². The number of nitrogens with zero attached hydrogens (tertiary/aromatic N) is 1. The van der Waals surface area contributed by atoms with Gasteiger partial charge in [-0.2, -0.15) is 13.2 Å². The Kier molecular flexibility index (Phi) is 8.52. The normalized spacial score (nSPS) is 18.0. The molecule has 2 atom stereocenters. The molecule has 0 saturated carbocycles. The molecule has 2 unspecified atom stereocenters. The van der Waals surface area contributed by atoms with Gasteiger partial charge in [-0.3, -0.25) is 9.69 Å². The molecular formula is C24H29ClF3N3O3S. The summed E-state index contributed by atoms with van der Waals surface area (Å²) in [6, 6.07) is 7.06. The minimum atomic E-state index is -4.68. The third-order valence-corrected chi connectivity index (χ3v) is 8.34. The highest BCUT2D eigenvalue weighted by Crippen LogP contribution is 2.38. The molecule has 0 radical (unpaired) electrons. The van der Waals surface area contributed by atoms with Crippen LogP contribution < -0.4 is 11.1 Å². The van der Waals surface area contributed by atoms with E-state index >= 15 is 0 Å². The van der Waals surface area contributed by atoms with E-state index in [0.717, 1.165) is 12.5 Å². The molecule has 0 aliphatic carbocycles.